The standard InChI is InChI=1S/C15H19N5O2/c1-19-14(16-17-18-19)11-6-5-9-20(10-11)15(21)12-7-3-4-8-13(12)22-2/h3-4,7-8,11H,5-6,9-10H2,1-2H3. The average molecular weight is 301 g/mol. The number of hydrogen-bond donors (Lipinski definition) is 0. The summed E-state index contributed by atoms with van der Waals surface area (Å²) in [5.41, 5.74) is 0.599. The van der Waals surface area contributed by atoms with Crippen LogP contribution in [0.15, 0.2) is 24.3 Å². The van der Waals surface area contributed by atoms with Gasteiger partial charge in [-0.2, -0.15) is 0 Å². The Hall–Kier alpha value is -2.44. The first-order valence-corrected chi connectivity index (χ1v) is 7.35. The normalized spacial score (nSPS) is 18.3. The summed E-state index contributed by atoms with van der Waals surface area (Å²) in [5, 5.41) is 11.7. The number of likely N-dealkylation sites (tertiary alicyclic amines) is 1. The molecular formula is C15H19N5O2. The van der Waals surface area contributed by atoms with Crippen LogP contribution in [0.1, 0.15) is 34.9 Å². The summed E-state index contributed by atoms with van der Waals surface area (Å²) < 4.78 is 6.97. The van der Waals surface area contributed by atoms with Gasteiger partial charge in [0.2, 0.25) is 0 Å². The largest absolute Gasteiger partial charge is 0.496 e. The lowest BCUT2D eigenvalue weighted by molar-refractivity contribution is 0.0700. The molecule has 2 heterocycles. The van der Waals surface area contributed by atoms with Crippen LogP contribution < -0.4 is 4.74 Å². The molecule has 0 saturated carbocycles. The van der Waals surface area contributed by atoms with E-state index in [-0.39, 0.29) is 11.8 Å². The fourth-order valence-corrected chi connectivity index (χ4v) is 2.95. The molecule has 7 nitrogen and oxygen atoms in total. The minimum absolute atomic E-state index is 0.00252. The topological polar surface area (TPSA) is 73.1 Å². The van der Waals surface area contributed by atoms with Crippen LogP contribution in [0.2, 0.25) is 0 Å². The third-order valence-corrected chi connectivity index (χ3v) is 4.06. The Morgan fingerprint density at radius 2 is 2.18 bits per heavy atom. The second-order valence-electron chi connectivity index (χ2n) is 5.45. The number of amides is 1. The van der Waals surface area contributed by atoms with E-state index < -0.39 is 0 Å². The van der Waals surface area contributed by atoms with Gasteiger partial charge in [0.05, 0.1) is 12.7 Å². The fraction of sp³-hybridized carbons (Fsp3) is 0.467. The van der Waals surface area contributed by atoms with E-state index >= 15 is 0 Å². The SMILES string of the molecule is COc1ccccc1C(=O)N1CCCC(c2nnnn2C)C1. The highest BCUT2D eigenvalue weighted by Crippen LogP contribution is 2.27. The number of methoxy groups -OCH3 is 1. The maximum Gasteiger partial charge on any atom is 0.257 e. The van der Waals surface area contributed by atoms with Crippen molar-refractivity contribution in [3.63, 3.8) is 0 Å². The third kappa shape index (κ3) is 2.66. The van der Waals surface area contributed by atoms with Crippen molar-refractivity contribution in [2.75, 3.05) is 20.2 Å². The zero-order valence-electron chi connectivity index (χ0n) is 12.8. The van der Waals surface area contributed by atoms with Crippen molar-refractivity contribution in [2.24, 2.45) is 7.05 Å². The number of nitrogens with zero attached hydrogens (tertiary/aromatic N) is 5. The monoisotopic (exact) mass is 301 g/mol. The molecule has 7 heteroatoms. The highest BCUT2D eigenvalue weighted by atomic mass is 16.5. The average Bonchev–Trinajstić information content (AvgIpc) is 3.00. The Labute approximate surface area is 128 Å². The number of aryl methyl sites for hydroxylation is 1. The molecule has 1 aliphatic rings. The molecule has 1 atom stereocenters. The minimum atomic E-state index is -0.00252. The molecule has 1 unspecified atom stereocenters. The van der Waals surface area contributed by atoms with Crippen LogP contribution in [0.5, 0.6) is 5.75 Å². The lowest BCUT2D eigenvalue weighted by Crippen LogP contribution is -2.39. The van der Waals surface area contributed by atoms with Crippen LogP contribution in [-0.2, 0) is 7.05 Å². The van der Waals surface area contributed by atoms with Gasteiger partial charge in [0.1, 0.15) is 5.75 Å². The number of para-hydroxylation sites is 1. The molecule has 1 saturated heterocycles. The van der Waals surface area contributed by atoms with Crippen molar-refractivity contribution in [1.82, 2.24) is 25.1 Å². The number of carbonyl (C=O) groups excluding carboxylic acids is 1. The van der Waals surface area contributed by atoms with E-state index in [1.807, 2.05) is 24.1 Å². The Bertz CT molecular complexity index is 669. The summed E-state index contributed by atoms with van der Waals surface area (Å²) in [6.45, 7) is 1.38. The first-order valence-electron chi connectivity index (χ1n) is 7.35. The van der Waals surface area contributed by atoms with Crippen LogP contribution in [0.4, 0.5) is 0 Å². The molecule has 3 rings (SSSR count). The van der Waals surface area contributed by atoms with Crippen molar-refractivity contribution in [2.45, 2.75) is 18.8 Å². The molecule has 0 bridgehead atoms. The molecule has 22 heavy (non-hydrogen) atoms. The van der Waals surface area contributed by atoms with Crippen molar-refractivity contribution in [3.05, 3.63) is 35.7 Å². The van der Waals surface area contributed by atoms with Gasteiger partial charge in [-0.15, -0.1) is 5.10 Å². The van der Waals surface area contributed by atoms with Gasteiger partial charge in [-0.3, -0.25) is 4.79 Å². The molecule has 1 aromatic carbocycles. The summed E-state index contributed by atoms with van der Waals surface area (Å²) in [6.07, 6.45) is 1.93. The van der Waals surface area contributed by atoms with Crippen LogP contribution in [0.25, 0.3) is 0 Å². The smallest absolute Gasteiger partial charge is 0.257 e. The molecule has 0 radical (unpaired) electrons. The van der Waals surface area contributed by atoms with Gasteiger partial charge in [0.25, 0.3) is 5.91 Å². The summed E-state index contributed by atoms with van der Waals surface area (Å²) in [7, 11) is 3.41. The molecule has 1 amide bonds. The summed E-state index contributed by atoms with van der Waals surface area (Å²) in [5.74, 6) is 1.61. The number of aromatic nitrogens is 4. The van der Waals surface area contributed by atoms with Gasteiger partial charge in [0, 0.05) is 26.1 Å². The molecule has 116 valence electrons. The molecular weight excluding hydrogens is 282 g/mol. The molecule has 1 fully saturated rings. The number of ether oxygens (including phenoxy) is 1. The van der Waals surface area contributed by atoms with E-state index in [0.29, 0.717) is 17.9 Å². The number of carbonyl (C=O) groups is 1. The van der Waals surface area contributed by atoms with E-state index in [1.54, 1.807) is 23.9 Å². The van der Waals surface area contributed by atoms with Crippen LogP contribution in [0.3, 0.4) is 0 Å². The predicted molar refractivity (Wildman–Crippen MR) is 79.7 cm³/mol. The van der Waals surface area contributed by atoms with Crippen LogP contribution in [0, 0.1) is 0 Å². The fourth-order valence-electron chi connectivity index (χ4n) is 2.95. The van der Waals surface area contributed by atoms with E-state index in [1.165, 1.54) is 0 Å². The van der Waals surface area contributed by atoms with Crippen molar-refractivity contribution in [1.29, 1.82) is 0 Å². The minimum Gasteiger partial charge on any atom is -0.496 e. The molecule has 2 aromatic rings. The lowest BCUT2D eigenvalue weighted by Gasteiger charge is -2.32. The highest BCUT2D eigenvalue weighted by molar-refractivity contribution is 5.97. The van der Waals surface area contributed by atoms with Gasteiger partial charge in [-0.25, -0.2) is 4.68 Å². The summed E-state index contributed by atoms with van der Waals surface area (Å²) >= 11 is 0. The molecule has 0 spiro atoms. The number of piperidine rings is 1. The molecule has 1 aromatic heterocycles. The highest BCUT2D eigenvalue weighted by Gasteiger charge is 2.29. The third-order valence-electron chi connectivity index (χ3n) is 4.06. The lowest BCUT2D eigenvalue weighted by atomic mass is 9.96. The Kier molecular flexibility index (Phi) is 4.04. The maximum absolute atomic E-state index is 12.8. The van der Waals surface area contributed by atoms with Crippen molar-refractivity contribution in [3.8, 4) is 5.75 Å². The molecule has 0 N–H and O–H groups in total. The Morgan fingerprint density at radius 3 is 2.91 bits per heavy atom. The molecule has 0 aliphatic carbocycles. The van der Waals surface area contributed by atoms with Gasteiger partial charge >= 0.3 is 0 Å². The van der Waals surface area contributed by atoms with E-state index in [0.717, 1.165) is 25.2 Å². The van der Waals surface area contributed by atoms with Crippen LogP contribution in [-0.4, -0.2) is 51.2 Å². The predicted octanol–water partition coefficient (Wildman–Crippen LogP) is 1.24. The van der Waals surface area contributed by atoms with Gasteiger partial charge in [-0.05, 0) is 35.4 Å². The van der Waals surface area contributed by atoms with Gasteiger partial charge < -0.3 is 9.64 Å². The van der Waals surface area contributed by atoms with E-state index in [4.69, 9.17) is 4.74 Å². The maximum atomic E-state index is 12.8. The Balaban J connectivity index is 1.80. The zero-order valence-corrected chi connectivity index (χ0v) is 12.8. The van der Waals surface area contributed by atoms with Gasteiger partial charge in [0.15, 0.2) is 5.82 Å². The number of benzene rings is 1. The number of hydrogen-bond acceptors (Lipinski definition) is 5. The van der Waals surface area contributed by atoms with Gasteiger partial charge in [-0.1, -0.05) is 12.1 Å². The van der Waals surface area contributed by atoms with Crippen molar-refractivity contribution < 1.29 is 9.53 Å². The first kappa shape index (κ1) is 14.5. The Morgan fingerprint density at radius 1 is 1.36 bits per heavy atom. The zero-order chi connectivity index (χ0) is 15.5. The molecule has 1 aliphatic heterocycles. The first-order chi connectivity index (χ1) is 10.7. The van der Waals surface area contributed by atoms with Crippen LogP contribution >= 0.6 is 0 Å². The second-order valence-corrected chi connectivity index (χ2v) is 5.45. The number of rotatable bonds is 3. The van der Waals surface area contributed by atoms with Crippen molar-refractivity contribution >= 4 is 5.91 Å². The van der Waals surface area contributed by atoms with E-state index in [2.05, 4.69) is 15.5 Å². The summed E-state index contributed by atoms with van der Waals surface area (Å²) in [4.78, 5) is 14.6. The summed E-state index contributed by atoms with van der Waals surface area (Å²) in [6, 6.07) is 7.32. The second kappa shape index (κ2) is 6.13. The quantitative estimate of drug-likeness (QED) is 0.853. The van der Waals surface area contributed by atoms with E-state index in [9.17, 15) is 4.79 Å². The number of tetrazole rings is 1.